The summed E-state index contributed by atoms with van der Waals surface area (Å²) in [5.74, 6) is -0.749. The number of alkyl halides is 3. The number of nitrogens with zero attached hydrogens (tertiary/aromatic N) is 1. The number of carbonyl (C=O) groups excluding carboxylic acids is 1. The summed E-state index contributed by atoms with van der Waals surface area (Å²) >= 11 is 5.94. The topological polar surface area (TPSA) is 38.8 Å². The van der Waals surface area contributed by atoms with Crippen LogP contribution in [0.4, 0.5) is 18.9 Å². The van der Waals surface area contributed by atoms with Gasteiger partial charge in [0.15, 0.2) is 0 Å². The fourth-order valence-electron chi connectivity index (χ4n) is 2.40. The van der Waals surface area contributed by atoms with E-state index in [0.29, 0.717) is 26.3 Å². The minimum absolute atomic E-state index is 0.0257. The van der Waals surface area contributed by atoms with Gasteiger partial charge in [0.25, 0.3) is 0 Å². The molecule has 0 aromatic heterocycles. The van der Waals surface area contributed by atoms with Gasteiger partial charge >= 0.3 is 12.1 Å². The van der Waals surface area contributed by atoms with Crippen molar-refractivity contribution >= 4 is 23.3 Å². The van der Waals surface area contributed by atoms with Crippen LogP contribution in [0.25, 0.3) is 0 Å². The van der Waals surface area contributed by atoms with Crippen LogP contribution in [0.5, 0.6) is 0 Å². The lowest BCUT2D eigenvalue weighted by atomic mass is 10.0. The van der Waals surface area contributed by atoms with Crippen molar-refractivity contribution in [1.82, 2.24) is 0 Å². The Labute approximate surface area is 130 Å². The first-order chi connectivity index (χ1) is 10.3. The van der Waals surface area contributed by atoms with E-state index >= 15 is 0 Å². The highest BCUT2D eigenvalue weighted by molar-refractivity contribution is 6.31. The quantitative estimate of drug-likeness (QED) is 0.795. The van der Waals surface area contributed by atoms with E-state index in [1.807, 2.05) is 0 Å². The molecule has 1 aliphatic rings. The summed E-state index contributed by atoms with van der Waals surface area (Å²) < 4.78 is 50.1. The largest absolute Gasteiger partial charge is 0.469 e. The van der Waals surface area contributed by atoms with Gasteiger partial charge in [0.2, 0.25) is 0 Å². The zero-order valence-electron chi connectivity index (χ0n) is 11.9. The number of anilines is 1. The van der Waals surface area contributed by atoms with E-state index in [0.717, 1.165) is 13.2 Å². The van der Waals surface area contributed by atoms with E-state index in [1.165, 1.54) is 6.07 Å². The summed E-state index contributed by atoms with van der Waals surface area (Å²) in [6, 6.07) is 2.43. The summed E-state index contributed by atoms with van der Waals surface area (Å²) in [6.45, 7) is 1.36. The summed E-state index contributed by atoms with van der Waals surface area (Å²) in [5.41, 5.74) is -1.06. The number of benzene rings is 1. The molecule has 4 nitrogen and oxygen atoms in total. The summed E-state index contributed by atoms with van der Waals surface area (Å²) in [5, 5.41) is 0.147. The van der Waals surface area contributed by atoms with Gasteiger partial charge in [-0.25, -0.2) is 0 Å². The second-order valence-electron chi connectivity index (χ2n) is 4.81. The molecular weight excluding hydrogens is 323 g/mol. The zero-order chi connectivity index (χ0) is 16.3. The maximum Gasteiger partial charge on any atom is 0.418 e. The first-order valence-electron chi connectivity index (χ1n) is 6.62. The second-order valence-corrected chi connectivity index (χ2v) is 5.25. The molecule has 0 unspecified atom stereocenters. The van der Waals surface area contributed by atoms with Crippen LogP contribution in [-0.4, -0.2) is 39.4 Å². The van der Waals surface area contributed by atoms with Gasteiger partial charge in [-0.3, -0.25) is 4.79 Å². The van der Waals surface area contributed by atoms with E-state index < -0.39 is 24.1 Å². The van der Waals surface area contributed by atoms with Crippen LogP contribution in [-0.2, 0) is 26.9 Å². The van der Waals surface area contributed by atoms with Gasteiger partial charge in [0.1, 0.15) is 0 Å². The normalized spacial score (nSPS) is 15.8. The Morgan fingerprint density at radius 2 is 2.00 bits per heavy atom. The molecule has 1 aliphatic heterocycles. The first-order valence-corrected chi connectivity index (χ1v) is 7.00. The maximum absolute atomic E-state index is 13.5. The fourth-order valence-corrected chi connectivity index (χ4v) is 2.63. The molecule has 0 bridgehead atoms. The van der Waals surface area contributed by atoms with E-state index in [9.17, 15) is 18.0 Å². The van der Waals surface area contributed by atoms with Crippen molar-refractivity contribution < 1.29 is 27.4 Å². The lowest BCUT2D eigenvalue weighted by molar-refractivity contribution is -0.141. The zero-order valence-corrected chi connectivity index (χ0v) is 12.6. The van der Waals surface area contributed by atoms with Crippen molar-refractivity contribution in [3.63, 3.8) is 0 Å². The molecular formula is C14H15ClF3NO3. The van der Waals surface area contributed by atoms with Gasteiger partial charge < -0.3 is 14.4 Å². The van der Waals surface area contributed by atoms with Crippen LogP contribution in [0.1, 0.15) is 11.1 Å². The van der Waals surface area contributed by atoms with Gasteiger partial charge in [0.05, 0.1) is 38.0 Å². The molecule has 1 saturated heterocycles. The summed E-state index contributed by atoms with van der Waals surface area (Å²) in [4.78, 5) is 13.0. The Kier molecular flexibility index (Phi) is 5.18. The van der Waals surface area contributed by atoms with E-state index in [1.54, 1.807) is 4.90 Å². The third-order valence-corrected chi connectivity index (χ3v) is 3.58. The van der Waals surface area contributed by atoms with Crippen LogP contribution in [0, 0.1) is 0 Å². The second kappa shape index (κ2) is 6.75. The van der Waals surface area contributed by atoms with Crippen LogP contribution >= 0.6 is 11.6 Å². The van der Waals surface area contributed by atoms with Crippen LogP contribution in [0.15, 0.2) is 12.1 Å². The molecule has 22 heavy (non-hydrogen) atoms. The fraction of sp³-hybridized carbons (Fsp3) is 0.500. The molecule has 1 heterocycles. The number of halogens is 4. The van der Waals surface area contributed by atoms with Gasteiger partial charge in [-0.15, -0.1) is 0 Å². The van der Waals surface area contributed by atoms with Crippen molar-refractivity contribution in [2.45, 2.75) is 12.6 Å². The molecule has 0 radical (unpaired) electrons. The Balaban J connectivity index is 2.52. The van der Waals surface area contributed by atoms with Gasteiger partial charge in [0, 0.05) is 18.1 Å². The Morgan fingerprint density at radius 1 is 1.36 bits per heavy atom. The molecule has 0 aliphatic carbocycles. The molecule has 1 aromatic rings. The van der Waals surface area contributed by atoms with Crippen LogP contribution < -0.4 is 4.90 Å². The van der Waals surface area contributed by atoms with Crippen molar-refractivity contribution in [3.8, 4) is 0 Å². The predicted molar refractivity (Wildman–Crippen MR) is 75.2 cm³/mol. The number of morpholine rings is 1. The van der Waals surface area contributed by atoms with E-state index in [2.05, 4.69) is 4.74 Å². The number of hydrogen-bond acceptors (Lipinski definition) is 4. The molecule has 8 heteroatoms. The minimum Gasteiger partial charge on any atom is -0.469 e. The number of methoxy groups -OCH3 is 1. The number of carbonyl (C=O) groups is 1. The van der Waals surface area contributed by atoms with Gasteiger partial charge in [-0.2, -0.15) is 13.2 Å². The highest BCUT2D eigenvalue weighted by Crippen LogP contribution is 2.41. The average molecular weight is 338 g/mol. The molecule has 1 aromatic carbocycles. The smallest absolute Gasteiger partial charge is 0.418 e. The van der Waals surface area contributed by atoms with Crippen molar-refractivity contribution in [2.75, 3.05) is 38.3 Å². The van der Waals surface area contributed by atoms with Crippen molar-refractivity contribution in [3.05, 3.63) is 28.3 Å². The van der Waals surface area contributed by atoms with E-state index in [4.69, 9.17) is 16.3 Å². The van der Waals surface area contributed by atoms with Crippen molar-refractivity contribution in [1.29, 1.82) is 0 Å². The highest BCUT2D eigenvalue weighted by atomic mass is 35.5. The van der Waals surface area contributed by atoms with Crippen LogP contribution in [0.3, 0.4) is 0 Å². The Morgan fingerprint density at radius 3 is 2.55 bits per heavy atom. The monoisotopic (exact) mass is 337 g/mol. The summed E-state index contributed by atoms with van der Waals surface area (Å²) in [6.07, 6.45) is -5.08. The standard InChI is InChI=1S/C14H15ClF3NO3/c1-21-12(20)7-9-6-10(15)8-11(13(9)14(16,17)18)19-2-4-22-5-3-19/h6,8H,2-5,7H2,1H3. The van der Waals surface area contributed by atoms with E-state index in [-0.39, 0.29) is 16.3 Å². The van der Waals surface area contributed by atoms with Crippen LogP contribution in [0.2, 0.25) is 5.02 Å². The molecule has 1 fully saturated rings. The maximum atomic E-state index is 13.5. The van der Waals surface area contributed by atoms with Gasteiger partial charge in [-0.05, 0) is 17.7 Å². The third kappa shape index (κ3) is 3.84. The molecule has 0 saturated carbocycles. The number of hydrogen-bond donors (Lipinski definition) is 0. The number of rotatable bonds is 3. The molecule has 122 valence electrons. The molecule has 2 rings (SSSR count). The molecule has 0 spiro atoms. The average Bonchev–Trinajstić information content (AvgIpc) is 2.46. The molecule has 0 atom stereocenters. The minimum atomic E-state index is -4.60. The third-order valence-electron chi connectivity index (χ3n) is 3.36. The lowest BCUT2D eigenvalue weighted by Gasteiger charge is -2.32. The summed E-state index contributed by atoms with van der Waals surface area (Å²) in [7, 11) is 1.13. The number of esters is 1. The molecule has 0 N–H and O–H groups in total. The lowest BCUT2D eigenvalue weighted by Crippen LogP contribution is -2.37. The predicted octanol–water partition coefficient (Wildman–Crippen LogP) is 2.91. The van der Waals surface area contributed by atoms with Crippen molar-refractivity contribution in [2.24, 2.45) is 0 Å². The first kappa shape index (κ1) is 16.9. The highest BCUT2D eigenvalue weighted by Gasteiger charge is 2.38. The molecule has 0 amide bonds. The Hall–Kier alpha value is -1.47. The number of ether oxygens (including phenoxy) is 2. The Bertz CT molecular complexity index is 557. The SMILES string of the molecule is COC(=O)Cc1cc(Cl)cc(N2CCOCC2)c1C(F)(F)F. The van der Waals surface area contributed by atoms with Gasteiger partial charge in [-0.1, -0.05) is 11.6 Å².